The zero-order chi connectivity index (χ0) is 14.4. The third-order valence-electron chi connectivity index (χ3n) is 3.37. The summed E-state index contributed by atoms with van der Waals surface area (Å²) >= 11 is 8.00. The highest BCUT2D eigenvalue weighted by atomic mass is 35.5. The van der Waals surface area contributed by atoms with Crippen LogP contribution in [0, 0.1) is 0 Å². The van der Waals surface area contributed by atoms with Gasteiger partial charge in [0, 0.05) is 16.3 Å². The normalized spacial score (nSPS) is 13.0. The van der Waals surface area contributed by atoms with E-state index in [9.17, 15) is 0 Å². The minimum absolute atomic E-state index is 0.231. The lowest BCUT2D eigenvalue weighted by Gasteiger charge is -2.04. The Balaban J connectivity index is 1.90. The Hall–Kier alpha value is -1.85. The third kappa shape index (κ3) is 2.13. The first kappa shape index (κ1) is 12.9. The lowest BCUT2D eigenvalue weighted by Crippen LogP contribution is -1.92. The molecule has 0 radical (unpaired) electrons. The Labute approximate surface area is 130 Å². The Bertz CT molecular complexity index is 847. The largest absolute Gasteiger partial charge is 0.454 e. The van der Waals surface area contributed by atoms with E-state index in [1.54, 1.807) is 11.3 Å². The SMILES string of the molecule is CCc1ccc(-c2nc(Cl)c3cc4c(cc3n2)OCO4)s1. The van der Waals surface area contributed by atoms with Crippen LogP contribution >= 0.6 is 22.9 Å². The number of aryl methyl sites for hydroxylation is 1. The summed E-state index contributed by atoms with van der Waals surface area (Å²) in [6, 6.07) is 7.81. The van der Waals surface area contributed by atoms with Gasteiger partial charge in [-0.05, 0) is 24.6 Å². The van der Waals surface area contributed by atoms with Crippen molar-refractivity contribution in [3.05, 3.63) is 34.3 Å². The zero-order valence-corrected chi connectivity index (χ0v) is 12.8. The van der Waals surface area contributed by atoms with Crippen molar-refractivity contribution in [2.45, 2.75) is 13.3 Å². The van der Waals surface area contributed by atoms with Crippen molar-refractivity contribution >= 4 is 33.8 Å². The lowest BCUT2D eigenvalue weighted by molar-refractivity contribution is 0.174. The van der Waals surface area contributed by atoms with Gasteiger partial charge in [-0.2, -0.15) is 0 Å². The second-order valence-electron chi connectivity index (χ2n) is 4.68. The van der Waals surface area contributed by atoms with E-state index in [1.165, 1.54) is 4.88 Å². The van der Waals surface area contributed by atoms with Crippen molar-refractivity contribution in [1.29, 1.82) is 0 Å². The van der Waals surface area contributed by atoms with Crippen LogP contribution in [0.1, 0.15) is 11.8 Å². The maximum Gasteiger partial charge on any atom is 0.231 e. The number of fused-ring (bicyclic) bond motifs is 2. The number of hydrogen-bond acceptors (Lipinski definition) is 5. The van der Waals surface area contributed by atoms with Crippen molar-refractivity contribution in [3.8, 4) is 22.2 Å². The second-order valence-corrected chi connectivity index (χ2v) is 6.21. The molecule has 4 nitrogen and oxygen atoms in total. The van der Waals surface area contributed by atoms with Crippen molar-refractivity contribution in [1.82, 2.24) is 9.97 Å². The molecule has 1 aliphatic heterocycles. The van der Waals surface area contributed by atoms with Gasteiger partial charge < -0.3 is 9.47 Å². The number of halogens is 1. The fourth-order valence-corrected chi connectivity index (χ4v) is 3.39. The van der Waals surface area contributed by atoms with E-state index in [0.717, 1.165) is 22.2 Å². The summed E-state index contributed by atoms with van der Waals surface area (Å²) in [7, 11) is 0. The first-order chi connectivity index (χ1) is 10.2. The molecule has 0 aliphatic carbocycles. The van der Waals surface area contributed by atoms with Gasteiger partial charge in [-0.1, -0.05) is 18.5 Å². The first-order valence-corrected chi connectivity index (χ1v) is 7.80. The van der Waals surface area contributed by atoms with Crippen LogP contribution in [0.15, 0.2) is 24.3 Å². The molecule has 106 valence electrons. The second kappa shape index (κ2) is 4.86. The van der Waals surface area contributed by atoms with Crippen LogP contribution < -0.4 is 9.47 Å². The summed E-state index contributed by atoms with van der Waals surface area (Å²) in [5.74, 6) is 2.03. The number of benzene rings is 1. The number of ether oxygens (including phenoxy) is 2. The molecule has 3 aromatic rings. The topological polar surface area (TPSA) is 44.2 Å². The Kier molecular flexibility index (Phi) is 2.97. The molecule has 0 spiro atoms. The molecule has 0 atom stereocenters. The Morgan fingerprint density at radius 2 is 2.00 bits per heavy atom. The van der Waals surface area contributed by atoms with Gasteiger partial charge in [-0.3, -0.25) is 0 Å². The van der Waals surface area contributed by atoms with E-state index in [-0.39, 0.29) is 6.79 Å². The number of rotatable bonds is 2. The fourth-order valence-electron chi connectivity index (χ4n) is 2.28. The highest BCUT2D eigenvalue weighted by Gasteiger charge is 2.18. The van der Waals surface area contributed by atoms with E-state index >= 15 is 0 Å². The molecule has 1 aromatic carbocycles. The van der Waals surface area contributed by atoms with Crippen LogP contribution in [0.4, 0.5) is 0 Å². The van der Waals surface area contributed by atoms with Gasteiger partial charge in [-0.25, -0.2) is 9.97 Å². The molecule has 1 aliphatic rings. The fraction of sp³-hybridized carbons (Fsp3) is 0.200. The smallest absolute Gasteiger partial charge is 0.231 e. The molecular weight excluding hydrogens is 308 g/mol. The molecule has 0 amide bonds. The van der Waals surface area contributed by atoms with Crippen molar-refractivity contribution < 1.29 is 9.47 Å². The van der Waals surface area contributed by atoms with Crippen molar-refractivity contribution in [2.75, 3.05) is 6.79 Å². The summed E-state index contributed by atoms with van der Waals surface area (Å²) in [4.78, 5) is 11.3. The summed E-state index contributed by atoms with van der Waals surface area (Å²) in [6.45, 7) is 2.36. The maximum atomic E-state index is 6.31. The minimum Gasteiger partial charge on any atom is -0.454 e. The van der Waals surface area contributed by atoms with Crippen LogP contribution in [-0.4, -0.2) is 16.8 Å². The molecule has 0 saturated carbocycles. The molecule has 4 rings (SSSR count). The molecule has 0 bridgehead atoms. The Morgan fingerprint density at radius 1 is 1.19 bits per heavy atom. The maximum absolute atomic E-state index is 6.31. The molecular formula is C15H11ClN2O2S. The molecule has 0 saturated heterocycles. The summed E-state index contributed by atoms with van der Waals surface area (Å²) in [5.41, 5.74) is 0.765. The van der Waals surface area contributed by atoms with Gasteiger partial charge in [0.15, 0.2) is 17.3 Å². The number of aromatic nitrogens is 2. The summed E-state index contributed by atoms with van der Waals surface area (Å²) < 4.78 is 10.8. The van der Waals surface area contributed by atoms with Crippen molar-refractivity contribution in [3.63, 3.8) is 0 Å². The van der Waals surface area contributed by atoms with Crippen LogP contribution in [0.25, 0.3) is 21.6 Å². The van der Waals surface area contributed by atoms with Crippen molar-refractivity contribution in [2.24, 2.45) is 0 Å². The van der Waals surface area contributed by atoms with Crippen LogP contribution in [0.2, 0.25) is 5.15 Å². The number of nitrogens with zero attached hydrogens (tertiary/aromatic N) is 2. The predicted molar refractivity (Wildman–Crippen MR) is 83.4 cm³/mol. The molecule has 21 heavy (non-hydrogen) atoms. The lowest BCUT2D eigenvalue weighted by atomic mass is 10.2. The number of hydrogen-bond donors (Lipinski definition) is 0. The average Bonchev–Trinajstić information content (AvgIpc) is 3.13. The average molecular weight is 319 g/mol. The molecule has 0 N–H and O–H groups in total. The quantitative estimate of drug-likeness (QED) is 0.661. The minimum atomic E-state index is 0.231. The summed E-state index contributed by atoms with van der Waals surface area (Å²) in [5, 5.41) is 1.21. The van der Waals surface area contributed by atoms with Gasteiger partial charge in [0.2, 0.25) is 6.79 Å². The van der Waals surface area contributed by atoms with E-state index < -0.39 is 0 Å². The van der Waals surface area contributed by atoms with Gasteiger partial charge >= 0.3 is 0 Å². The third-order valence-corrected chi connectivity index (χ3v) is 4.89. The number of thiophene rings is 1. The van der Waals surface area contributed by atoms with Crippen LogP contribution in [-0.2, 0) is 6.42 Å². The molecule has 6 heteroatoms. The molecule has 2 aromatic heterocycles. The van der Waals surface area contributed by atoms with Gasteiger partial charge in [0.05, 0.1) is 10.4 Å². The predicted octanol–water partition coefficient (Wildman–Crippen LogP) is 4.30. The van der Waals surface area contributed by atoms with Crippen LogP contribution in [0.5, 0.6) is 11.5 Å². The molecule has 0 unspecified atom stereocenters. The highest BCUT2D eigenvalue weighted by Crippen LogP contribution is 2.38. The monoisotopic (exact) mass is 318 g/mol. The van der Waals surface area contributed by atoms with Gasteiger partial charge in [0.1, 0.15) is 5.15 Å². The van der Waals surface area contributed by atoms with E-state index in [1.807, 2.05) is 18.2 Å². The first-order valence-electron chi connectivity index (χ1n) is 6.60. The standard InChI is InChI=1S/C15H11ClN2O2S/c1-2-8-3-4-13(21-8)15-17-10-6-12-11(19-7-20-12)5-9(10)14(16)18-15/h3-6H,2,7H2,1H3. The Morgan fingerprint density at radius 3 is 2.76 bits per heavy atom. The van der Waals surface area contributed by atoms with E-state index in [0.29, 0.717) is 22.5 Å². The summed E-state index contributed by atoms with van der Waals surface area (Å²) in [6.07, 6.45) is 1.00. The molecule has 0 fully saturated rings. The highest BCUT2D eigenvalue weighted by molar-refractivity contribution is 7.15. The van der Waals surface area contributed by atoms with E-state index in [2.05, 4.69) is 23.0 Å². The molecule has 3 heterocycles. The van der Waals surface area contributed by atoms with Gasteiger partial charge in [-0.15, -0.1) is 11.3 Å². The van der Waals surface area contributed by atoms with E-state index in [4.69, 9.17) is 21.1 Å². The van der Waals surface area contributed by atoms with Crippen LogP contribution in [0.3, 0.4) is 0 Å². The van der Waals surface area contributed by atoms with Gasteiger partial charge in [0.25, 0.3) is 0 Å². The zero-order valence-electron chi connectivity index (χ0n) is 11.2.